The van der Waals surface area contributed by atoms with Gasteiger partial charge in [-0.1, -0.05) is 13.0 Å². The molecule has 1 heterocycles. The molecule has 0 aromatic heterocycles. The summed E-state index contributed by atoms with van der Waals surface area (Å²) in [6.45, 7) is 6.35. The van der Waals surface area contributed by atoms with E-state index in [2.05, 4.69) is 0 Å². The van der Waals surface area contributed by atoms with E-state index in [1.807, 2.05) is 19.9 Å². The van der Waals surface area contributed by atoms with Crippen LogP contribution in [-0.4, -0.2) is 61.5 Å². The summed E-state index contributed by atoms with van der Waals surface area (Å²) in [6, 6.07) is 0. The Morgan fingerprint density at radius 3 is 2.22 bits per heavy atom. The summed E-state index contributed by atoms with van der Waals surface area (Å²) in [5.74, 6) is 0.0705. The Morgan fingerprint density at radius 1 is 1.17 bits per heavy atom. The molecule has 1 rings (SSSR count). The quantitative estimate of drug-likeness (QED) is 0.693. The summed E-state index contributed by atoms with van der Waals surface area (Å²) < 4.78 is 4.82. The zero-order valence-electron chi connectivity index (χ0n) is 11.4. The molecule has 0 atom stereocenters. The van der Waals surface area contributed by atoms with Gasteiger partial charge in [0.25, 0.3) is 0 Å². The van der Waals surface area contributed by atoms with Gasteiger partial charge in [-0.3, -0.25) is 9.59 Å². The molecule has 102 valence electrons. The molecule has 0 radical (unpaired) electrons. The molecule has 0 spiro atoms. The lowest BCUT2D eigenvalue weighted by atomic mass is 10.2. The first-order chi connectivity index (χ1) is 8.60. The van der Waals surface area contributed by atoms with Crippen LogP contribution in [0.2, 0.25) is 0 Å². The highest BCUT2D eigenvalue weighted by Gasteiger charge is 2.24. The van der Waals surface area contributed by atoms with Gasteiger partial charge in [0.05, 0.1) is 0 Å². The fourth-order valence-corrected chi connectivity index (χ4v) is 2.02. The van der Waals surface area contributed by atoms with Gasteiger partial charge in [-0.2, -0.15) is 0 Å². The Hall–Kier alpha value is -1.36. The number of methoxy groups -OCH3 is 1. The van der Waals surface area contributed by atoms with Crippen molar-refractivity contribution in [2.24, 2.45) is 0 Å². The molecule has 1 saturated heterocycles. The monoisotopic (exact) mass is 254 g/mol. The summed E-state index contributed by atoms with van der Waals surface area (Å²) in [5.41, 5.74) is 0.786. The Balaban J connectivity index is 2.46. The van der Waals surface area contributed by atoms with Crippen molar-refractivity contribution >= 4 is 11.8 Å². The second kappa shape index (κ2) is 7.16. The topological polar surface area (TPSA) is 49.9 Å². The van der Waals surface area contributed by atoms with E-state index in [1.165, 1.54) is 7.11 Å². The average Bonchev–Trinajstić information content (AvgIpc) is 2.38. The maximum atomic E-state index is 12.0. The highest BCUT2D eigenvalue weighted by molar-refractivity contribution is 5.93. The molecule has 1 aliphatic rings. The lowest BCUT2D eigenvalue weighted by molar-refractivity contribution is -0.140. The first kappa shape index (κ1) is 14.7. The first-order valence-corrected chi connectivity index (χ1v) is 6.32. The summed E-state index contributed by atoms with van der Waals surface area (Å²) >= 11 is 0. The smallest absolute Gasteiger partial charge is 0.249 e. The molecule has 0 bridgehead atoms. The number of rotatable bonds is 4. The van der Waals surface area contributed by atoms with Gasteiger partial charge in [0, 0.05) is 38.9 Å². The van der Waals surface area contributed by atoms with Crippen LogP contribution in [0.25, 0.3) is 0 Å². The second-order valence-electron chi connectivity index (χ2n) is 4.40. The minimum atomic E-state index is -0.00887. The number of allylic oxidation sites excluding steroid dienone is 1. The summed E-state index contributed by atoms with van der Waals surface area (Å²) in [7, 11) is 1.51. The van der Waals surface area contributed by atoms with E-state index in [-0.39, 0.29) is 18.4 Å². The van der Waals surface area contributed by atoms with Crippen molar-refractivity contribution in [3.05, 3.63) is 11.6 Å². The van der Waals surface area contributed by atoms with Crippen LogP contribution in [0.5, 0.6) is 0 Å². The molecule has 0 aliphatic carbocycles. The number of hydrogen-bond donors (Lipinski definition) is 0. The highest BCUT2D eigenvalue weighted by atomic mass is 16.5. The minimum absolute atomic E-state index is 0.00887. The van der Waals surface area contributed by atoms with Crippen LogP contribution in [0.3, 0.4) is 0 Å². The Kier molecular flexibility index (Phi) is 5.85. The molecule has 0 saturated carbocycles. The van der Waals surface area contributed by atoms with Crippen LogP contribution < -0.4 is 0 Å². The van der Waals surface area contributed by atoms with Crippen molar-refractivity contribution in [3.8, 4) is 0 Å². The van der Waals surface area contributed by atoms with Gasteiger partial charge < -0.3 is 14.5 Å². The van der Waals surface area contributed by atoms with Crippen LogP contribution in [0.4, 0.5) is 0 Å². The van der Waals surface area contributed by atoms with E-state index in [1.54, 1.807) is 9.80 Å². The van der Waals surface area contributed by atoms with E-state index >= 15 is 0 Å². The summed E-state index contributed by atoms with van der Waals surface area (Å²) in [6.07, 6.45) is 2.80. The lowest BCUT2D eigenvalue weighted by Gasteiger charge is -2.34. The number of hydrogen-bond acceptors (Lipinski definition) is 3. The third-order valence-corrected chi connectivity index (χ3v) is 3.04. The Morgan fingerprint density at radius 2 is 1.72 bits per heavy atom. The van der Waals surface area contributed by atoms with Crippen LogP contribution in [0, 0.1) is 0 Å². The van der Waals surface area contributed by atoms with Crippen molar-refractivity contribution in [1.29, 1.82) is 0 Å². The molecule has 5 nitrogen and oxygen atoms in total. The molecule has 1 aliphatic heterocycles. The molecular formula is C13H22N2O3. The Labute approximate surface area is 108 Å². The van der Waals surface area contributed by atoms with Crippen molar-refractivity contribution in [2.75, 3.05) is 39.9 Å². The predicted molar refractivity (Wildman–Crippen MR) is 69.1 cm³/mol. The van der Waals surface area contributed by atoms with Gasteiger partial charge in [-0.15, -0.1) is 0 Å². The maximum absolute atomic E-state index is 12.0. The molecule has 0 aromatic rings. The van der Waals surface area contributed by atoms with E-state index in [4.69, 9.17) is 4.74 Å². The molecule has 18 heavy (non-hydrogen) atoms. The van der Waals surface area contributed by atoms with Crippen molar-refractivity contribution in [2.45, 2.75) is 20.3 Å². The molecular weight excluding hydrogens is 232 g/mol. The standard InChI is InChI=1S/C13H22N2O3/c1-4-5-11(2)13(17)15-8-6-14(7-9-15)12(16)10-18-3/h5H,4,6-10H2,1-3H3/b11-5+. The fourth-order valence-electron chi connectivity index (χ4n) is 2.02. The maximum Gasteiger partial charge on any atom is 0.249 e. The molecule has 5 heteroatoms. The van der Waals surface area contributed by atoms with E-state index in [9.17, 15) is 9.59 Å². The van der Waals surface area contributed by atoms with Gasteiger partial charge in [0.2, 0.25) is 11.8 Å². The molecule has 0 unspecified atom stereocenters. The number of amides is 2. The first-order valence-electron chi connectivity index (χ1n) is 6.32. The summed E-state index contributed by atoms with van der Waals surface area (Å²) in [5, 5.41) is 0. The van der Waals surface area contributed by atoms with Gasteiger partial charge in [-0.25, -0.2) is 0 Å². The molecule has 0 N–H and O–H groups in total. The van der Waals surface area contributed by atoms with Gasteiger partial charge in [0.15, 0.2) is 0 Å². The summed E-state index contributed by atoms with van der Waals surface area (Å²) in [4.78, 5) is 27.2. The largest absolute Gasteiger partial charge is 0.375 e. The third-order valence-electron chi connectivity index (χ3n) is 3.04. The van der Waals surface area contributed by atoms with Crippen molar-refractivity contribution in [1.82, 2.24) is 9.80 Å². The zero-order chi connectivity index (χ0) is 13.5. The van der Waals surface area contributed by atoms with Crippen LogP contribution in [-0.2, 0) is 14.3 Å². The number of nitrogens with zero attached hydrogens (tertiary/aromatic N) is 2. The molecule has 2 amide bonds. The van der Waals surface area contributed by atoms with E-state index < -0.39 is 0 Å². The van der Waals surface area contributed by atoms with Crippen LogP contribution >= 0.6 is 0 Å². The van der Waals surface area contributed by atoms with E-state index in [0.29, 0.717) is 26.2 Å². The Bertz CT molecular complexity index is 331. The minimum Gasteiger partial charge on any atom is -0.375 e. The number of ether oxygens (including phenoxy) is 1. The number of piperazine rings is 1. The molecule has 1 fully saturated rings. The average molecular weight is 254 g/mol. The second-order valence-corrected chi connectivity index (χ2v) is 4.40. The molecule has 0 aromatic carbocycles. The van der Waals surface area contributed by atoms with Crippen LogP contribution in [0.1, 0.15) is 20.3 Å². The fraction of sp³-hybridized carbons (Fsp3) is 0.692. The predicted octanol–water partition coefficient (Wildman–Crippen LogP) is 0.660. The number of carbonyl (C=O) groups is 2. The third kappa shape index (κ3) is 3.84. The number of carbonyl (C=O) groups excluding carboxylic acids is 2. The highest BCUT2D eigenvalue weighted by Crippen LogP contribution is 2.08. The SMILES string of the molecule is CC/C=C(\C)C(=O)N1CCN(C(=O)COC)CC1. The van der Waals surface area contributed by atoms with Gasteiger partial charge >= 0.3 is 0 Å². The lowest BCUT2D eigenvalue weighted by Crippen LogP contribution is -2.51. The van der Waals surface area contributed by atoms with Crippen molar-refractivity contribution in [3.63, 3.8) is 0 Å². The van der Waals surface area contributed by atoms with E-state index in [0.717, 1.165) is 12.0 Å². The van der Waals surface area contributed by atoms with Gasteiger partial charge in [0.1, 0.15) is 6.61 Å². The normalized spacial score (nSPS) is 16.9. The van der Waals surface area contributed by atoms with Gasteiger partial charge in [-0.05, 0) is 13.3 Å². The van der Waals surface area contributed by atoms with Crippen molar-refractivity contribution < 1.29 is 14.3 Å². The van der Waals surface area contributed by atoms with Crippen LogP contribution in [0.15, 0.2) is 11.6 Å². The zero-order valence-corrected chi connectivity index (χ0v) is 11.4.